The molecule has 4 rings (SSSR count). The van der Waals surface area contributed by atoms with Crippen molar-refractivity contribution in [2.75, 3.05) is 0 Å². The average Bonchev–Trinajstić information content (AvgIpc) is 3.30. The van der Waals surface area contributed by atoms with Gasteiger partial charge in [0, 0.05) is 22.2 Å². The summed E-state index contributed by atoms with van der Waals surface area (Å²) < 4.78 is 19.8. The van der Waals surface area contributed by atoms with Crippen LogP contribution in [0.3, 0.4) is 0 Å². The summed E-state index contributed by atoms with van der Waals surface area (Å²) in [5.74, 6) is -1.49. The zero-order valence-electron chi connectivity index (χ0n) is 16.6. The Kier molecular flexibility index (Phi) is 5.90. The smallest absolute Gasteiger partial charge is 0.335 e. The molecule has 2 heterocycles. The molecule has 1 fully saturated rings. The molecule has 1 saturated heterocycles. The Balaban J connectivity index is 1.59. The maximum Gasteiger partial charge on any atom is 0.335 e. The van der Waals surface area contributed by atoms with Crippen molar-refractivity contribution in [3.63, 3.8) is 0 Å². The molecule has 0 radical (unpaired) electrons. The molecule has 2 amide bonds. The number of rotatable bonds is 5. The number of furan rings is 1. The number of aromatic carboxylic acids is 1. The minimum absolute atomic E-state index is 0.0618. The van der Waals surface area contributed by atoms with E-state index in [9.17, 15) is 23.9 Å². The predicted octanol–water partition coefficient (Wildman–Crippen LogP) is 5.98. The second-order valence-electron chi connectivity index (χ2n) is 6.95. The second-order valence-corrected chi connectivity index (χ2v) is 8.35. The van der Waals surface area contributed by atoms with Gasteiger partial charge in [0.2, 0.25) is 0 Å². The summed E-state index contributed by atoms with van der Waals surface area (Å²) in [5.41, 5.74) is 1.37. The van der Waals surface area contributed by atoms with E-state index in [1.165, 1.54) is 30.3 Å². The van der Waals surface area contributed by atoms with Crippen LogP contribution in [0.4, 0.5) is 9.18 Å². The Morgan fingerprint density at radius 3 is 2.66 bits per heavy atom. The first-order chi connectivity index (χ1) is 15.3. The van der Waals surface area contributed by atoms with Crippen molar-refractivity contribution >= 4 is 46.6 Å². The quantitative estimate of drug-likeness (QED) is 0.460. The van der Waals surface area contributed by atoms with Crippen LogP contribution >= 0.6 is 23.4 Å². The van der Waals surface area contributed by atoms with Gasteiger partial charge in [-0.15, -0.1) is 0 Å². The normalized spacial score (nSPS) is 15.1. The molecule has 0 bridgehead atoms. The minimum Gasteiger partial charge on any atom is -0.478 e. The molecule has 32 heavy (non-hydrogen) atoms. The topological polar surface area (TPSA) is 87.8 Å². The molecule has 1 aliphatic heterocycles. The van der Waals surface area contributed by atoms with E-state index in [-0.39, 0.29) is 27.6 Å². The van der Waals surface area contributed by atoms with Crippen LogP contribution in [-0.4, -0.2) is 27.1 Å². The highest BCUT2D eigenvalue weighted by Crippen LogP contribution is 2.36. The number of thioether (sulfide) groups is 1. The van der Waals surface area contributed by atoms with E-state index in [1.54, 1.807) is 31.2 Å². The van der Waals surface area contributed by atoms with Crippen molar-refractivity contribution in [3.05, 3.63) is 86.7 Å². The van der Waals surface area contributed by atoms with Gasteiger partial charge in [-0.25, -0.2) is 9.18 Å². The van der Waals surface area contributed by atoms with Crippen LogP contribution in [0, 0.1) is 12.7 Å². The van der Waals surface area contributed by atoms with E-state index in [0.717, 1.165) is 16.7 Å². The molecular formula is C23H15ClFNO5S. The fourth-order valence-electron chi connectivity index (χ4n) is 3.32. The van der Waals surface area contributed by atoms with Crippen LogP contribution in [0.15, 0.2) is 57.9 Å². The molecule has 0 saturated carbocycles. The first-order valence-corrected chi connectivity index (χ1v) is 10.6. The van der Waals surface area contributed by atoms with Gasteiger partial charge in [-0.05, 0) is 54.6 Å². The fourth-order valence-corrected chi connectivity index (χ4v) is 4.36. The van der Waals surface area contributed by atoms with Gasteiger partial charge in [0.25, 0.3) is 11.1 Å². The number of carbonyl (C=O) groups is 3. The summed E-state index contributed by atoms with van der Waals surface area (Å²) in [4.78, 5) is 37.5. The van der Waals surface area contributed by atoms with Crippen LogP contribution in [0.1, 0.15) is 27.2 Å². The van der Waals surface area contributed by atoms with Crippen molar-refractivity contribution in [3.8, 4) is 11.3 Å². The maximum atomic E-state index is 14.1. The average molecular weight is 472 g/mol. The van der Waals surface area contributed by atoms with Crippen LogP contribution in [0.5, 0.6) is 0 Å². The van der Waals surface area contributed by atoms with Crippen molar-refractivity contribution in [1.82, 2.24) is 4.90 Å². The van der Waals surface area contributed by atoms with Crippen LogP contribution in [-0.2, 0) is 11.3 Å². The highest BCUT2D eigenvalue weighted by atomic mass is 35.5. The zero-order chi connectivity index (χ0) is 23.0. The molecule has 162 valence electrons. The molecule has 1 aromatic heterocycles. The van der Waals surface area contributed by atoms with Crippen LogP contribution < -0.4 is 0 Å². The van der Waals surface area contributed by atoms with Gasteiger partial charge < -0.3 is 9.52 Å². The standard InChI is InChI=1S/C23H15ClFNO5S/c1-12-14(4-2-5-15(12)22(28)29)19-9-8-13(31-19)10-20-21(27)26(23(30)32-20)11-16-17(24)6-3-7-18(16)25/h2-10H,11H2,1H3,(H,28,29)/b20-10-. The van der Waals surface area contributed by atoms with Gasteiger partial charge in [-0.2, -0.15) is 0 Å². The number of halogens is 2. The molecular weight excluding hydrogens is 457 g/mol. The lowest BCUT2D eigenvalue weighted by atomic mass is 10.0. The van der Waals surface area contributed by atoms with E-state index < -0.39 is 22.9 Å². The Bertz CT molecular complexity index is 1280. The Morgan fingerprint density at radius 2 is 1.94 bits per heavy atom. The van der Waals surface area contributed by atoms with Crippen molar-refractivity contribution in [2.45, 2.75) is 13.5 Å². The van der Waals surface area contributed by atoms with E-state index >= 15 is 0 Å². The van der Waals surface area contributed by atoms with Crippen LogP contribution in [0.2, 0.25) is 5.02 Å². The molecule has 6 nitrogen and oxygen atoms in total. The summed E-state index contributed by atoms with van der Waals surface area (Å²) in [6, 6.07) is 12.3. The number of benzene rings is 2. The van der Waals surface area contributed by atoms with E-state index in [2.05, 4.69) is 0 Å². The summed E-state index contributed by atoms with van der Waals surface area (Å²) in [5, 5.41) is 8.89. The molecule has 3 aromatic rings. The van der Waals surface area contributed by atoms with Gasteiger partial charge in [-0.3, -0.25) is 14.5 Å². The predicted molar refractivity (Wildman–Crippen MR) is 119 cm³/mol. The van der Waals surface area contributed by atoms with Crippen LogP contribution in [0.25, 0.3) is 17.4 Å². The molecule has 2 aromatic carbocycles. The van der Waals surface area contributed by atoms with Gasteiger partial charge in [0.15, 0.2) is 0 Å². The molecule has 1 aliphatic rings. The molecule has 0 atom stereocenters. The number of hydrogen-bond acceptors (Lipinski definition) is 5. The Hall–Kier alpha value is -3.36. The van der Waals surface area contributed by atoms with Gasteiger partial charge >= 0.3 is 5.97 Å². The number of carboxylic acid groups (broad SMARTS) is 1. The summed E-state index contributed by atoms with van der Waals surface area (Å²) in [6.45, 7) is 1.40. The minimum atomic E-state index is -1.04. The number of nitrogens with zero attached hydrogens (tertiary/aromatic N) is 1. The zero-order valence-corrected chi connectivity index (χ0v) is 18.2. The lowest BCUT2D eigenvalue weighted by Gasteiger charge is -2.14. The lowest BCUT2D eigenvalue weighted by Crippen LogP contribution is -2.28. The number of hydrogen-bond donors (Lipinski definition) is 1. The summed E-state index contributed by atoms with van der Waals surface area (Å²) in [6.07, 6.45) is 1.42. The maximum absolute atomic E-state index is 14.1. The highest BCUT2D eigenvalue weighted by Gasteiger charge is 2.36. The molecule has 0 unspecified atom stereocenters. The third-order valence-electron chi connectivity index (χ3n) is 4.98. The number of imide groups is 1. The SMILES string of the molecule is Cc1c(C(=O)O)cccc1-c1ccc(/C=C2\SC(=O)N(Cc3c(F)cccc3Cl)C2=O)o1. The van der Waals surface area contributed by atoms with Gasteiger partial charge in [0.05, 0.1) is 17.0 Å². The van der Waals surface area contributed by atoms with Crippen molar-refractivity contribution < 1.29 is 28.3 Å². The Morgan fingerprint density at radius 1 is 1.19 bits per heavy atom. The molecule has 9 heteroatoms. The molecule has 0 spiro atoms. The first kappa shape index (κ1) is 21.9. The summed E-state index contributed by atoms with van der Waals surface area (Å²) >= 11 is 6.73. The van der Waals surface area contributed by atoms with Crippen molar-refractivity contribution in [1.29, 1.82) is 0 Å². The monoisotopic (exact) mass is 471 g/mol. The molecule has 0 aliphatic carbocycles. The Labute approximate surface area is 191 Å². The van der Waals surface area contributed by atoms with Crippen molar-refractivity contribution in [2.24, 2.45) is 0 Å². The van der Waals surface area contributed by atoms with E-state index in [4.69, 9.17) is 16.0 Å². The fraction of sp³-hybridized carbons (Fsp3) is 0.0870. The number of carbonyl (C=O) groups excluding carboxylic acids is 2. The number of amides is 2. The third-order valence-corrected chi connectivity index (χ3v) is 6.24. The lowest BCUT2D eigenvalue weighted by molar-refractivity contribution is -0.123. The van der Waals surface area contributed by atoms with Gasteiger partial charge in [0.1, 0.15) is 17.3 Å². The molecule has 1 N–H and O–H groups in total. The highest BCUT2D eigenvalue weighted by molar-refractivity contribution is 8.18. The summed E-state index contributed by atoms with van der Waals surface area (Å²) in [7, 11) is 0. The van der Waals surface area contributed by atoms with Gasteiger partial charge in [-0.1, -0.05) is 29.8 Å². The largest absolute Gasteiger partial charge is 0.478 e. The van der Waals surface area contributed by atoms with E-state index in [0.29, 0.717) is 22.6 Å². The van der Waals surface area contributed by atoms with E-state index in [1.807, 2.05) is 0 Å². The first-order valence-electron chi connectivity index (χ1n) is 9.37. The second kappa shape index (κ2) is 8.64. The number of carboxylic acids is 1. The third kappa shape index (κ3) is 4.06.